The molecular weight excluding hydrogens is 197 g/mol. The standard InChI is InChI=1S/C9H7F3O2/c1-4(13)7-8(12)5(10)3-6(11)9(7)14-2/h3H,1-2H3. The maximum atomic E-state index is 13.0. The molecule has 1 aromatic rings. The molecule has 0 saturated carbocycles. The van der Waals surface area contributed by atoms with Crippen LogP contribution >= 0.6 is 0 Å². The summed E-state index contributed by atoms with van der Waals surface area (Å²) in [6.45, 7) is 1.000. The number of carbonyl (C=O) groups excluding carboxylic acids is 1. The number of ketones is 1. The zero-order valence-corrected chi connectivity index (χ0v) is 7.53. The minimum absolute atomic E-state index is 0.334. The molecule has 2 nitrogen and oxygen atoms in total. The highest BCUT2D eigenvalue weighted by atomic mass is 19.2. The highest BCUT2D eigenvalue weighted by Crippen LogP contribution is 2.27. The molecule has 1 aromatic carbocycles. The van der Waals surface area contributed by atoms with Gasteiger partial charge in [0.1, 0.15) is 5.56 Å². The van der Waals surface area contributed by atoms with Crippen molar-refractivity contribution >= 4 is 5.78 Å². The highest BCUT2D eigenvalue weighted by molar-refractivity contribution is 5.97. The summed E-state index contributed by atoms with van der Waals surface area (Å²) in [4.78, 5) is 10.9. The molecule has 0 spiro atoms. The first-order valence-corrected chi connectivity index (χ1v) is 3.71. The molecule has 0 N–H and O–H groups in total. The van der Waals surface area contributed by atoms with Crippen molar-refractivity contribution < 1.29 is 22.7 Å². The van der Waals surface area contributed by atoms with Gasteiger partial charge in [0, 0.05) is 6.07 Å². The maximum Gasteiger partial charge on any atom is 0.173 e. The quantitative estimate of drug-likeness (QED) is 0.545. The topological polar surface area (TPSA) is 26.3 Å². The Morgan fingerprint density at radius 3 is 2.29 bits per heavy atom. The maximum absolute atomic E-state index is 13.0. The molecule has 0 aliphatic carbocycles. The molecule has 0 fully saturated rings. The van der Waals surface area contributed by atoms with Crippen LogP contribution in [0.1, 0.15) is 17.3 Å². The van der Waals surface area contributed by atoms with E-state index in [1.165, 1.54) is 0 Å². The van der Waals surface area contributed by atoms with E-state index in [1.54, 1.807) is 0 Å². The Morgan fingerprint density at radius 2 is 1.86 bits per heavy atom. The average Bonchev–Trinajstić information content (AvgIpc) is 2.10. The molecule has 14 heavy (non-hydrogen) atoms. The van der Waals surface area contributed by atoms with Crippen LogP contribution in [0.2, 0.25) is 0 Å². The van der Waals surface area contributed by atoms with Gasteiger partial charge in [-0.15, -0.1) is 0 Å². The van der Waals surface area contributed by atoms with Gasteiger partial charge in [-0.3, -0.25) is 4.79 Å². The number of ether oxygens (including phenoxy) is 1. The Balaban J connectivity index is 3.56. The monoisotopic (exact) mass is 204 g/mol. The van der Waals surface area contributed by atoms with Gasteiger partial charge in [0.05, 0.1) is 7.11 Å². The van der Waals surface area contributed by atoms with Crippen molar-refractivity contribution in [1.29, 1.82) is 0 Å². The van der Waals surface area contributed by atoms with Crippen LogP contribution in [0, 0.1) is 17.5 Å². The first-order valence-electron chi connectivity index (χ1n) is 3.71. The Hall–Kier alpha value is -1.52. The summed E-state index contributed by atoms with van der Waals surface area (Å²) in [6, 6.07) is 0.334. The molecule has 0 heterocycles. The van der Waals surface area contributed by atoms with Crippen LogP contribution in [0.25, 0.3) is 0 Å². The van der Waals surface area contributed by atoms with Crippen LogP contribution in [0.15, 0.2) is 6.07 Å². The van der Waals surface area contributed by atoms with Crippen LogP contribution in [-0.2, 0) is 0 Å². The lowest BCUT2D eigenvalue weighted by Gasteiger charge is -2.08. The minimum atomic E-state index is -1.41. The first kappa shape index (κ1) is 10.6. The first-order chi connectivity index (χ1) is 6.49. The van der Waals surface area contributed by atoms with Gasteiger partial charge in [-0.2, -0.15) is 0 Å². The van der Waals surface area contributed by atoms with E-state index in [0.29, 0.717) is 6.07 Å². The summed E-state index contributed by atoms with van der Waals surface area (Å²) >= 11 is 0. The number of hydrogen-bond donors (Lipinski definition) is 0. The van der Waals surface area contributed by atoms with E-state index in [0.717, 1.165) is 14.0 Å². The van der Waals surface area contributed by atoms with E-state index >= 15 is 0 Å². The second-order valence-corrected chi connectivity index (χ2v) is 2.62. The fourth-order valence-electron chi connectivity index (χ4n) is 1.09. The third-order valence-electron chi connectivity index (χ3n) is 1.68. The SMILES string of the molecule is COc1c(F)cc(F)c(F)c1C(C)=O. The second-order valence-electron chi connectivity index (χ2n) is 2.62. The summed E-state index contributed by atoms with van der Waals surface area (Å²) < 4.78 is 43.2. The molecule has 0 aliphatic heterocycles. The van der Waals surface area contributed by atoms with Gasteiger partial charge >= 0.3 is 0 Å². The number of rotatable bonds is 2. The number of carbonyl (C=O) groups is 1. The molecule has 0 atom stereocenters. The molecule has 1 rings (SSSR count). The lowest BCUT2D eigenvalue weighted by Crippen LogP contribution is -2.06. The number of halogens is 3. The van der Waals surface area contributed by atoms with Crippen molar-refractivity contribution in [3.63, 3.8) is 0 Å². The second kappa shape index (κ2) is 3.69. The summed E-state index contributed by atoms with van der Waals surface area (Å²) in [6.07, 6.45) is 0. The third kappa shape index (κ3) is 1.57. The molecule has 0 amide bonds. The van der Waals surface area contributed by atoms with Crippen molar-refractivity contribution in [1.82, 2.24) is 0 Å². The largest absolute Gasteiger partial charge is 0.493 e. The Morgan fingerprint density at radius 1 is 1.29 bits per heavy atom. The smallest absolute Gasteiger partial charge is 0.173 e. The van der Waals surface area contributed by atoms with Crippen molar-refractivity contribution in [2.75, 3.05) is 7.11 Å². The zero-order valence-electron chi connectivity index (χ0n) is 7.53. The summed E-state index contributed by atoms with van der Waals surface area (Å²) in [5, 5.41) is 0. The van der Waals surface area contributed by atoms with Crippen molar-refractivity contribution in [3.8, 4) is 5.75 Å². The average molecular weight is 204 g/mol. The summed E-state index contributed by atoms with van der Waals surface area (Å²) in [7, 11) is 1.07. The van der Waals surface area contributed by atoms with Gasteiger partial charge < -0.3 is 4.74 Å². The highest BCUT2D eigenvalue weighted by Gasteiger charge is 2.22. The Labute approximate surface area is 78.3 Å². The lowest BCUT2D eigenvalue weighted by molar-refractivity contribution is 0.100. The fourth-order valence-corrected chi connectivity index (χ4v) is 1.09. The van der Waals surface area contributed by atoms with Gasteiger partial charge in [-0.1, -0.05) is 0 Å². The van der Waals surface area contributed by atoms with Crippen molar-refractivity contribution in [2.45, 2.75) is 6.92 Å². The van der Waals surface area contributed by atoms with Gasteiger partial charge in [-0.05, 0) is 6.92 Å². The van der Waals surface area contributed by atoms with Crippen LogP contribution in [0.5, 0.6) is 5.75 Å². The predicted molar refractivity (Wildman–Crippen MR) is 42.9 cm³/mol. The molecule has 0 aliphatic rings. The molecule has 0 radical (unpaired) electrons. The number of Topliss-reactive ketones (excluding diaryl/α,β-unsaturated/α-hetero) is 1. The van der Waals surface area contributed by atoms with Gasteiger partial charge in [-0.25, -0.2) is 13.2 Å². The van der Waals surface area contributed by atoms with E-state index in [-0.39, 0.29) is 0 Å². The normalized spacial score (nSPS) is 10.1. The molecule has 0 bridgehead atoms. The van der Waals surface area contributed by atoms with Crippen molar-refractivity contribution in [3.05, 3.63) is 29.1 Å². The third-order valence-corrected chi connectivity index (χ3v) is 1.68. The zero-order chi connectivity index (χ0) is 10.9. The van der Waals surface area contributed by atoms with Crippen LogP contribution in [-0.4, -0.2) is 12.9 Å². The Kier molecular flexibility index (Phi) is 2.78. The molecule has 5 heteroatoms. The van der Waals surface area contributed by atoms with Crippen LogP contribution < -0.4 is 4.74 Å². The summed E-state index contributed by atoms with van der Waals surface area (Å²) in [5.74, 6) is -5.27. The van der Waals surface area contributed by atoms with Gasteiger partial charge in [0.2, 0.25) is 0 Å². The molecule has 0 saturated heterocycles. The van der Waals surface area contributed by atoms with Crippen LogP contribution in [0.4, 0.5) is 13.2 Å². The van der Waals surface area contributed by atoms with E-state index in [4.69, 9.17) is 0 Å². The lowest BCUT2D eigenvalue weighted by atomic mass is 10.1. The molecule has 0 aromatic heterocycles. The summed E-state index contributed by atoms with van der Waals surface area (Å²) in [5.41, 5.74) is -0.704. The van der Waals surface area contributed by atoms with Gasteiger partial charge in [0.25, 0.3) is 0 Å². The van der Waals surface area contributed by atoms with E-state index in [1.807, 2.05) is 0 Å². The minimum Gasteiger partial charge on any atom is -0.493 e. The Bertz CT molecular complexity index is 388. The molecule has 0 unspecified atom stereocenters. The number of methoxy groups -OCH3 is 1. The van der Waals surface area contributed by atoms with E-state index < -0.39 is 34.5 Å². The fraction of sp³-hybridized carbons (Fsp3) is 0.222. The van der Waals surface area contributed by atoms with Crippen molar-refractivity contribution in [2.24, 2.45) is 0 Å². The van der Waals surface area contributed by atoms with Crippen LogP contribution in [0.3, 0.4) is 0 Å². The molecule has 76 valence electrons. The predicted octanol–water partition coefficient (Wildman–Crippen LogP) is 2.32. The van der Waals surface area contributed by atoms with E-state index in [2.05, 4.69) is 4.74 Å². The molecular formula is C9H7F3O2. The van der Waals surface area contributed by atoms with Gasteiger partial charge in [0.15, 0.2) is 29.0 Å². The number of benzene rings is 1. The van der Waals surface area contributed by atoms with E-state index in [9.17, 15) is 18.0 Å². The number of hydrogen-bond acceptors (Lipinski definition) is 2.